The second-order valence-corrected chi connectivity index (χ2v) is 3.70. The summed E-state index contributed by atoms with van der Waals surface area (Å²) in [6.07, 6.45) is 2.97. The Bertz CT molecular complexity index is 300. The van der Waals surface area contributed by atoms with Gasteiger partial charge in [-0.3, -0.25) is 4.79 Å². The van der Waals surface area contributed by atoms with Crippen molar-refractivity contribution in [2.45, 2.75) is 32.2 Å². The molecule has 0 aliphatic heterocycles. The fraction of sp³-hybridized carbons (Fsp3) is 0.667. The number of nitrogens with zero attached hydrogens (tertiary/aromatic N) is 2. The highest BCUT2D eigenvalue weighted by Gasteiger charge is 2.28. The Hall–Kier alpha value is -1.10. The van der Waals surface area contributed by atoms with Gasteiger partial charge < -0.3 is 5.32 Å². The largest absolute Gasteiger partial charge is 0.344 e. The first-order valence-corrected chi connectivity index (χ1v) is 5.45. The molecule has 0 unspecified atom stereocenters. The maximum absolute atomic E-state index is 11.7. The van der Waals surface area contributed by atoms with Gasteiger partial charge in [-0.05, 0) is 12.8 Å². The third kappa shape index (κ3) is 2.68. The minimum atomic E-state index is -0.350. The number of H-pyrrole nitrogens is 1. The third-order valence-electron chi connectivity index (χ3n) is 2.64. The number of hydrogen-bond donors (Lipinski definition) is 2. The third-order valence-corrected chi connectivity index (χ3v) is 3.15. The number of nitrogens with one attached hydrogen (secondary N) is 2. The summed E-state index contributed by atoms with van der Waals surface area (Å²) in [5.74, 6) is 0.150. The minimum absolute atomic E-state index is 0.242. The molecule has 0 bridgehead atoms. The molecule has 0 spiro atoms. The van der Waals surface area contributed by atoms with Gasteiger partial charge in [-0.1, -0.05) is 13.8 Å². The van der Waals surface area contributed by atoms with Crippen LogP contribution in [0.5, 0.6) is 0 Å². The Kier molecular flexibility index (Phi) is 4.08. The fourth-order valence-electron chi connectivity index (χ4n) is 1.27. The van der Waals surface area contributed by atoms with Crippen LogP contribution in [-0.4, -0.2) is 32.7 Å². The Morgan fingerprint density at radius 2 is 2.27 bits per heavy atom. The first kappa shape index (κ1) is 12.0. The Balaban J connectivity index is 2.71. The number of carbonyl (C=O) groups is 1. The maximum Gasteiger partial charge on any atom is 0.273 e. The van der Waals surface area contributed by atoms with Gasteiger partial charge in [0.1, 0.15) is 0 Å². The highest BCUT2D eigenvalue weighted by molar-refractivity contribution is 6.18. The molecule has 84 valence electrons. The summed E-state index contributed by atoms with van der Waals surface area (Å²) >= 11 is 5.87. The molecule has 1 aromatic heterocycles. The summed E-state index contributed by atoms with van der Waals surface area (Å²) in [7, 11) is 0. The van der Waals surface area contributed by atoms with Crippen LogP contribution in [0, 0.1) is 0 Å². The molecule has 5 nitrogen and oxygen atoms in total. The molecule has 0 saturated carbocycles. The number of aromatic amines is 1. The van der Waals surface area contributed by atoms with Crippen LogP contribution in [0.25, 0.3) is 0 Å². The van der Waals surface area contributed by atoms with Crippen molar-refractivity contribution in [2.24, 2.45) is 0 Å². The van der Waals surface area contributed by atoms with Crippen molar-refractivity contribution in [1.29, 1.82) is 0 Å². The second kappa shape index (κ2) is 5.11. The van der Waals surface area contributed by atoms with E-state index < -0.39 is 0 Å². The molecule has 0 fully saturated rings. The van der Waals surface area contributed by atoms with Crippen LogP contribution in [0.4, 0.5) is 0 Å². The molecule has 1 aromatic rings. The zero-order chi connectivity index (χ0) is 11.3. The Morgan fingerprint density at radius 3 is 2.67 bits per heavy atom. The summed E-state index contributed by atoms with van der Waals surface area (Å²) in [5.41, 5.74) is -0.0659. The number of alkyl halides is 1. The average molecular weight is 231 g/mol. The van der Waals surface area contributed by atoms with Crippen molar-refractivity contribution in [1.82, 2.24) is 20.7 Å². The van der Waals surface area contributed by atoms with Crippen LogP contribution >= 0.6 is 11.6 Å². The van der Waals surface area contributed by atoms with E-state index in [-0.39, 0.29) is 17.1 Å². The maximum atomic E-state index is 11.7. The van der Waals surface area contributed by atoms with Crippen molar-refractivity contribution in [3.05, 3.63) is 11.9 Å². The molecule has 1 rings (SSSR count). The van der Waals surface area contributed by atoms with E-state index in [1.54, 1.807) is 0 Å². The van der Waals surface area contributed by atoms with E-state index in [2.05, 4.69) is 20.7 Å². The first-order chi connectivity index (χ1) is 7.17. The minimum Gasteiger partial charge on any atom is -0.344 e. The number of hydrogen-bond acceptors (Lipinski definition) is 3. The lowest BCUT2D eigenvalue weighted by atomic mass is 9.95. The number of rotatable bonds is 5. The zero-order valence-corrected chi connectivity index (χ0v) is 9.64. The lowest BCUT2D eigenvalue weighted by Gasteiger charge is -2.30. The highest BCUT2D eigenvalue weighted by Crippen LogP contribution is 2.17. The van der Waals surface area contributed by atoms with E-state index in [4.69, 9.17) is 11.6 Å². The van der Waals surface area contributed by atoms with E-state index in [0.29, 0.717) is 5.88 Å². The Labute approximate surface area is 93.6 Å². The van der Waals surface area contributed by atoms with E-state index in [1.807, 2.05) is 13.8 Å². The SMILES string of the molecule is CCC(CC)(CCl)NC(=O)c1cn[nH]n1. The van der Waals surface area contributed by atoms with Gasteiger partial charge in [0.15, 0.2) is 5.69 Å². The molecule has 0 aromatic carbocycles. The normalized spacial score (nSPS) is 11.4. The lowest BCUT2D eigenvalue weighted by molar-refractivity contribution is 0.0897. The van der Waals surface area contributed by atoms with Gasteiger partial charge in [-0.15, -0.1) is 11.6 Å². The summed E-state index contributed by atoms with van der Waals surface area (Å²) in [4.78, 5) is 11.7. The molecule has 2 N–H and O–H groups in total. The van der Waals surface area contributed by atoms with Gasteiger partial charge in [-0.2, -0.15) is 15.4 Å². The van der Waals surface area contributed by atoms with Crippen molar-refractivity contribution in [2.75, 3.05) is 5.88 Å². The van der Waals surface area contributed by atoms with E-state index >= 15 is 0 Å². The molecular formula is C9H15ClN4O. The standard InChI is InChI=1S/C9H15ClN4O/c1-3-9(4-2,6-10)12-8(15)7-5-11-14-13-7/h5H,3-4,6H2,1-2H3,(H,12,15)(H,11,13,14). The molecule has 1 amide bonds. The molecule has 1 heterocycles. The molecule has 0 atom stereocenters. The smallest absolute Gasteiger partial charge is 0.273 e. The van der Waals surface area contributed by atoms with Crippen LogP contribution < -0.4 is 5.32 Å². The molecule has 15 heavy (non-hydrogen) atoms. The lowest BCUT2D eigenvalue weighted by Crippen LogP contribution is -2.49. The monoisotopic (exact) mass is 230 g/mol. The molecular weight excluding hydrogens is 216 g/mol. The van der Waals surface area contributed by atoms with Gasteiger partial charge in [0, 0.05) is 5.88 Å². The van der Waals surface area contributed by atoms with Gasteiger partial charge in [-0.25, -0.2) is 0 Å². The predicted molar refractivity (Wildman–Crippen MR) is 57.9 cm³/mol. The van der Waals surface area contributed by atoms with Gasteiger partial charge >= 0.3 is 0 Å². The average Bonchev–Trinajstić information content (AvgIpc) is 2.79. The van der Waals surface area contributed by atoms with Crippen LogP contribution in [0.3, 0.4) is 0 Å². The van der Waals surface area contributed by atoms with E-state index in [1.165, 1.54) is 6.20 Å². The fourth-order valence-corrected chi connectivity index (χ4v) is 1.71. The number of halogens is 1. The molecule has 0 saturated heterocycles. The Morgan fingerprint density at radius 1 is 1.60 bits per heavy atom. The highest BCUT2D eigenvalue weighted by atomic mass is 35.5. The number of aromatic nitrogens is 3. The summed E-state index contributed by atoms with van der Waals surface area (Å²) in [5, 5.41) is 12.6. The summed E-state index contributed by atoms with van der Waals surface area (Å²) in [6.45, 7) is 3.99. The summed E-state index contributed by atoms with van der Waals surface area (Å²) < 4.78 is 0. The van der Waals surface area contributed by atoms with Crippen molar-refractivity contribution >= 4 is 17.5 Å². The second-order valence-electron chi connectivity index (χ2n) is 3.43. The molecule has 0 aliphatic carbocycles. The van der Waals surface area contributed by atoms with E-state index in [9.17, 15) is 4.79 Å². The summed E-state index contributed by atoms with van der Waals surface area (Å²) in [6, 6.07) is 0. The van der Waals surface area contributed by atoms with Gasteiger partial charge in [0.05, 0.1) is 11.7 Å². The number of amides is 1. The first-order valence-electron chi connectivity index (χ1n) is 4.91. The quantitative estimate of drug-likeness (QED) is 0.750. The van der Waals surface area contributed by atoms with Crippen molar-refractivity contribution in [3.63, 3.8) is 0 Å². The van der Waals surface area contributed by atoms with Crippen molar-refractivity contribution in [3.8, 4) is 0 Å². The number of carbonyl (C=O) groups excluding carboxylic acids is 1. The van der Waals surface area contributed by atoms with Crippen LogP contribution in [0.1, 0.15) is 37.2 Å². The van der Waals surface area contributed by atoms with Crippen LogP contribution in [0.15, 0.2) is 6.20 Å². The van der Waals surface area contributed by atoms with Crippen LogP contribution in [0.2, 0.25) is 0 Å². The van der Waals surface area contributed by atoms with Gasteiger partial charge in [0.2, 0.25) is 0 Å². The van der Waals surface area contributed by atoms with Crippen LogP contribution in [-0.2, 0) is 0 Å². The molecule has 0 aliphatic rings. The molecule has 0 radical (unpaired) electrons. The van der Waals surface area contributed by atoms with E-state index in [0.717, 1.165) is 12.8 Å². The van der Waals surface area contributed by atoms with Crippen molar-refractivity contribution < 1.29 is 4.79 Å². The van der Waals surface area contributed by atoms with Gasteiger partial charge in [0.25, 0.3) is 5.91 Å². The zero-order valence-electron chi connectivity index (χ0n) is 8.88. The topological polar surface area (TPSA) is 70.7 Å². The predicted octanol–water partition coefficient (Wildman–Crippen LogP) is 1.33. The molecule has 6 heteroatoms.